The van der Waals surface area contributed by atoms with Crippen molar-refractivity contribution in [3.8, 4) is 0 Å². The number of hydrogen-bond donors (Lipinski definition) is 1. The van der Waals surface area contributed by atoms with Gasteiger partial charge in [0.2, 0.25) is 15.9 Å². The quantitative estimate of drug-likeness (QED) is 0.891. The molecular formula is C15H23ClN2O3S. The Bertz CT molecular complexity index is 651. The van der Waals surface area contributed by atoms with Crippen LogP contribution in [0.25, 0.3) is 0 Å². The molecule has 0 aliphatic heterocycles. The number of hydrogen-bond acceptors (Lipinski definition) is 3. The number of anilines is 1. The molecule has 0 unspecified atom stereocenters. The topological polar surface area (TPSA) is 66.5 Å². The van der Waals surface area contributed by atoms with E-state index in [0.717, 1.165) is 6.26 Å². The van der Waals surface area contributed by atoms with Crippen molar-refractivity contribution in [1.82, 2.24) is 5.32 Å². The molecule has 1 N–H and O–H groups in total. The second-order valence-electron chi connectivity index (χ2n) is 6.27. The zero-order valence-corrected chi connectivity index (χ0v) is 15.2. The number of nitrogens with one attached hydrogen (secondary N) is 1. The van der Waals surface area contributed by atoms with Crippen molar-refractivity contribution in [1.29, 1.82) is 0 Å². The molecule has 1 amide bonds. The van der Waals surface area contributed by atoms with Gasteiger partial charge in [0.25, 0.3) is 0 Å². The van der Waals surface area contributed by atoms with Gasteiger partial charge >= 0.3 is 0 Å². The molecule has 0 saturated carbocycles. The zero-order valence-electron chi connectivity index (χ0n) is 13.6. The fourth-order valence-electron chi connectivity index (χ4n) is 2.02. The van der Waals surface area contributed by atoms with Gasteiger partial charge < -0.3 is 5.32 Å². The molecule has 0 fully saturated rings. The molecule has 0 aliphatic rings. The maximum Gasteiger partial charge on any atom is 0.232 e. The summed E-state index contributed by atoms with van der Waals surface area (Å²) < 4.78 is 25.3. The maximum absolute atomic E-state index is 12.0. The molecule has 1 aromatic rings. The van der Waals surface area contributed by atoms with Gasteiger partial charge in [-0.1, -0.05) is 17.7 Å². The highest BCUT2D eigenvalue weighted by Crippen LogP contribution is 2.28. The van der Waals surface area contributed by atoms with Crippen LogP contribution >= 0.6 is 11.6 Å². The monoisotopic (exact) mass is 346 g/mol. The highest BCUT2D eigenvalue weighted by Gasteiger charge is 2.22. The minimum Gasteiger partial charge on any atom is -0.351 e. The minimum atomic E-state index is -3.50. The van der Waals surface area contributed by atoms with E-state index in [-0.39, 0.29) is 24.4 Å². The van der Waals surface area contributed by atoms with Gasteiger partial charge in [0.15, 0.2) is 0 Å². The normalized spacial score (nSPS) is 12.1. The van der Waals surface area contributed by atoms with Crippen molar-refractivity contribution in [3.05, 3.63) is 28.8 Å². The fourth-order valence-corrected chi connectivity index (χ4v) is 3.16. The van der Waals surface area contributed by atoms with Gasteiger partial charge in [0, 0.05) is 23.5 Å². The van der Waals surface area contributed by atoms with Crippen molar-refractivity contribution < 1.29 is 13.2 Å². The Morgan fingerprint density at radius 2 is 1.91 bits per heavy atom. The maximum atomic E-state index is 12.0. The third-order valence-electron chi connectivity index (χ3n) is 2.96. The van der Waals surface area contributed by atoms with Gasteiger partial charge in [-0.15, -0.1) is 0 Å². The average molecular weight is 347 g/mol. The Balaban J connectivity index is 2.98. The summed E-state index contributed by atoms with van der Waals surface area (Å²) in [7, 11) is -3.50. The van der Waals surface area contributed by atoms with Crippen LogP contribution in [0.15, 0.2) is 18.2 Å². The first-order chi connectivity index (χ1) is 9.92. The first-order valence-corrected chi connectivity index (χ1v) is 9.18. The molecule has 0 saturated heterocycles. The Morgan fingerprint density at radius 3 is 2.41 bits per heavy atom. The SMILES string of the molecule is Cc1c(Cl)cccc1N(CCC(=O)NC(C)(C)C)S(C)(=O)=O. The van der Waals surface area contributed by atoms with Crippen molar-refractivity contribution in [3.63, 3.8) is 0 Å². The number of amides is 1. The lowest BCUT2D eigenvalue weighted by Crippen LogP contribution is -2.42. The molecule has 0 atom stereocenters. The van der Waals surface area contributed by atoms with E-state index in [1.807, 2.05) is 20.8 Å². The molecule has 0 spiro atoms. The summed E-state index contributed by atoms with van der Waals surface area (Å²) in [4.78, 5) is 11.9. The third-order valence-corrected chi connectivity index (χ3v) is 4.55. The largest absolute Gasteiger partial charge is 0.351 e. The van der Waals surface area contributed by atoms with Crippen molar-refractivity contribution >= 4 is 33.2 Å². The van der Waals surface area contributed by atoms with Gasteiger partial charge in [0.1, 0.15) is 0 Å². The molecule has 22 heavy (non-hydrogen) atoms. The zero-order chi connectivity index (χ0) is 17.1. The molecule has 0 aliphatic carbocycles. The van der Waals surface area contributed by atoms with Crippen LogP contribution in [0.2, 0.25) is 5.02 Å². The van der Waals surface area contributed by atoms with Crippen LogP contribution in [-0.2, 0) is 14.8 Å². The summed E-state index contributed by atoms with van der Waals surface area (Å²) in [5, 5.41) is 3.31. The lowest BCUT2D eigenvalue weighted by atomic mass is 10.1. The predicted molar refractivity (Wildman–Crippen MR) is 90.9 cm³/mol. The van der Waals surface area contributed by atoms with Gasteiger partial charge in [-0.25, -0.2) is 8.42 Å². The molecule has 124 valence electrons. The number of sulfonamides is 1. The molecule has 0 radical (unpaired) electrons. The summed E-state index contributed by atoms with van der Waals surface area (Å²) in [6.45, 7) is 7.45. The number of benzene rings is 1. The van der Waals surface area contributed by atoms with Gasteiger partial charge in [-0.2, -0.15) is 0 Å². The average Bonchev–Trinajstić information content (AvgIpc) is 2.30. The summed E-state index contributed by atoms with van der Waals surface area (Å²) in [5.74, 6) is -0.194. The number of carbonyl (C=O) groups excluding carboxylic acids is 1. The first kappa shape index (κ1) is 18.8. The number of carbonyl (C=O) groups is 1. The molecule has 0 heterocycles. The molecule has 1 rings (SSSR count). The lowest BCUT2D eigenvalue weighted by Gasteiger charge is -2.26. The Hall–Kier alpha value is -1.27. The van der Waals surface area contributed by atoms with E-state index >= 15 is 0 Å². The number of halogens is 1. The summed E-state index contributed by atoms with van der Waals surface area (Å²) in [6, 6.07) is 5.08. The molecule has 0 aromatic heterocycles. The van der Waals surface area contributed by atoms with E-state index in [4.69, 9.17) is 11.6 Å². The van der Waals surface area contributed by atoms with Crippen LogP contribution in [0, 0.1) is 6.92 Å². The fraction of sp³-hybridized carbons (Fsp3) is 0.533. The Morgan fingerprint density at radius 1 is 1.32 bits per heavy atom. The van der Waals surface area contributed by atoms with Gasteiger partial charge in [-0.3, -0.25) is 9.10 Å². The van der Waals surface area contributed by atoms with E-state index in [1.54, 1.807) is 25.1 Å². The smallest absolute Gasteiger partial charge is 0.232 e. The van der Waals surface area contributed by atoms with Gasteiger partial charge in [0.05, 0.1) is 11.9 Å². The van der Waals surface area contributed by atoms with Crippen LogP contribution in [-0.4, -0.2) is 32.7 Å². The number of rotatable bonds is 5. The summed E-state index contributed by atoms with van der Waals surface area (Å²) >= 11 is 6.06. The van der Waals surface area contributed by atoms with Crippen LogP contribution < -0.4 is 9.62 Å². The summed E-state index contributed by atoms with van der Waals surface area (Å²) in [5.41, 5.74) is 0.822. The van der Waals surface area contributed by atoms with E-state index in [2.05, 4.69) is 5.32 Å². The minimum absolute atomic E-state index is 0.0714. The standard InChI is InChI=1S/C15H23ClN2O3S/c1-11-12(16)7-6-8-13(11)18(22(5,20)21)10-9-14(19)17-15(2,3)4/h6-8H,9-10H2,1-5H3,(H,17,19). The molecule has 1 aromatic carbocycles. The Labute approximate surface area is 137 Å². The molecular weight excluding hydrogens is 324 g/mol. The third kappa shape index (κ3) is 5.50. The van der Waals surface area contributed by atoms with Crippen LogP contribution in [0.1, 0.15) is 32.8 Å². The van der Waals surface area contributed by atoms with E-state index in [9.17, 15) is 13.2 Å². The highest BCUT2D eigenvalue weighted by atomic mass is 35.5. The number of nitrogens with zero attached hydrogens (tertiary/aromatic N) is 1. The van der Waals surface area contributed by atoms with Crippen molar-refractivity contribution in [2.24, 2.45) is 0 Å². The molecule has 7 heteroatoms. The predicted octanol–water partition coefficient (Wildman–Crippen LogP) is 2.72. The van der Waals surface area contributed by atoms with Crippen molar-refractivity contribution in [2.45, 2.75) is 39.7 Å². The van der Waals surface area contributed by atoms with Crippen LogP contribution in [0.4, 0.5) is 5.69 Å². The van der Waals surface area contributed by atoms with Crippen molar-refractivity contribution in [2.75, 3.05) is 17.1 Å². The van der Waals surface area contributed by atoms with Gasteiger partial charge in [-0.05, 0) is 45.4 Å². The second kappa shape index (κ2) is 6.87. The van der Waals surface area contributed by atoms with E-state index in [0.29, 0.717) is 16.3 Å². The molecule has 0 bridgehead atoms. The highest BCUT2D eigenvalue weighted by molar-refractivity contribution is 7.92. The van der Waals surface area contributed by atoms with E-state index in [1.165, 1.54) is 4.31 Å². The van der Waals surface area contributed by atoms with Crippen LogP contribution in [0.5, 0.6) is 0 Å². The first-order valence-electron chi connectivity index (χ1n) is 6.95. The summed E-state index contributed by atoms with van der Waals surface area (Å²) in [6.07, 6.45) is 1.20. The Kier molecular flexibility index (Phi) is 5.87. The second-order valence-corrected chi connectivity index (χ2v) is 8.58. The lowest BCUT2D eigenvalue weighted by molar-refractivity contribution is -0.122. The molecule has 5 nitrogen and oxygen atoms in total. The van der Waals surface area contributed by atoms with E-state index < -0.39 is 10.0 Å². The van der Waals surface area contributed by atoms with Crippen LogP contribution in [0.3, 0.4) is 0 Å².